The first-order chi connectivity index (χ1) is 11.1. The Bertz CT molecular complexity index is 721. The van der Waals surface area contributed by atoms with Gasteiger partial charge >= 0.3 is 0 Å². The van der Waals surface area contributed by atoms with Crippen molar-refractivity contribution < 1.29 is 14.0 Å². The second-order valence-corrected chi connectivity index (χ2v) is 5.49. The SMILES string of the molecule is O=C(N[C@H]1CC(=O)N(Cc2cccc(F)c2)C1)c1ccccn1. The Kier molecular flexibility index (Phi) is 4.32. The Morgan fingerprint density at radius 2 is 2.17 bits per heavy atom. The molecule has 1 N–H and O–H groups in total. The highest BCUT2D eigenvalue weighted by Crippen LogP contribution is 2.16. The molecule has 1 aliphatic heterocycles. The number of carbonyl (C=O) groups excluding carboxylic acids is 2. The maximum Gasteiger partial charge on any atom is 0.270 e. The quantitative estimate of drug-likeness (QED) is 0.935. The van der Waals surface area contributed by atoms with Crippen molar-refractivity contribution in [3.8, 4) is 0 Å². The second kappa shape index (κ2) is 6.56. The number of likely N-dealkylation sites (tertiary alicyclic amines) is 1. The number of nitrogens with one attached hydrogen (secondary N) is 1. The van der Waals surface area contributed by atoms with E-state index in [9.17, 15) is 14.0 Å². The van der Waals surface area contributed by atoms with Crippen LogP contribution < -0.4 is 5.32 Å². The van der Waals surface area contributed by atoms with Gasteiger partial charge in [0.2, 0.25) is 5.91 Å². The standard InChI is InChI=1S/C17H16FN3O2/c18-13-5-3-4-12(8-13)10-21-11-14(9-16(21)22)20-17(23)15-6-1-2-7-19-15/h1-8,14H,9-11H2,(H,20,23)/t14-/m0/s1. The molecule has 0 unspecified atom stereocenters. The molecule has 6 heteroatoms. The number of hydrogen-bond donors (Lipinski definition) is 1. The van der Waals surface area contributed by atoms with Gasteiger partial charge < -0.3 is 10.2 Å². The van der Waals surface area contributed by atoms with E-state index in [0.29, 0.717) is 18.8 Å². The third-order valence-corrected chi connectivity index (χ3v) is 3.71. The molecule has 1 saturated heterocycles. The molecule has 0 saturated carbocycles. The van der Waals surface area contributed by atoms with Crippen molar-refractivity contribution in [1.82, 2.24) is 15.2 Å². The van der Waals surface area contributed by atoms with Crippen LogP contribution in [0.1, 0.15) is 22.5 Å². The summed E-state index contributed by atoms with van der Waals surface area (Å²) >= 11 is 0. The molecule has 0 bridgehead atoms. The zero-order chi connectivity index (χ0) is 16.2. The van der Waals surface area contributed by atoms with E-state index in [1.165, 1.54) is 12.1 Å². The molecule has 2 amide bonds. The molecule has 0 aliphatic carbocycles. The first-order valence-electron chi connectivity index (χ1n) is 7.36. The second-order valence-electron chi connectivity index (χ2n) is 5.49. The lowest BCUT2D eigenvalue weighted by molar-refractivity contribution is -0.128. The van der Waals surface area contributed by atoms with Gasteiger partial charge in [-0.3, -0.25) is 14.6 Å². The fraction of sp³-hybridized carbons (Fsp3) is 0.235. The summed E-state index contributed by atoms with van der Waals surface area (Å²) in [6.07, 6.45) is 1.79. The minimum Gasteiger partial charge on any atom is -0.346 e. The van der Waals surface area contributed by atoms with Crippen LogP contribution >= 0.6 is 0 Å². The Morgan fingerprint density at radius 1 is 1.30 bits per heavy atom. The van der Waals surface area contributed by atoms with E-state index in [0.717, 1.165) is 5.56 Å². The molecule has 1 fully saturated rings. The van der Waals surface area contributed by atoms with Crippen molar-refractivity contribution in [3.63, 3.8) is 0 Å². The van der Waals surface area contributed by atoms with Gasteiger partial charge in [-0.25, -0.2) is 4.39 Å². The van der Waals surface area contributed by atoms with E-state index in [1.807, 2.05) is 0 Å². The van der Waals surface area contributed by atoms with Crippen LogP contribution in [0.4, 0.5) is 4.39 Å². The number of benzene rings is 1. The predicted molar refractivity (Wildman–Crippen MR) is 81.9 cm³/mol. The third-order valence-electron chi connectivity index (χ3n) is 3.71. The van der Waals surface area contributed by atoms with Crippen LogP contribution in [0, 0.1) is 5.82 Å². The number of hydrogen-bond acceptors (Lipinski definition) is 3. The summed E-state index contributed by atoms with van der Waals surface area (Å²) < 4.78 is 13.2. The van der Waals surface area contributed by atoms with Crippen molar-refractivity contribution in [2.75, 3.05) is 6.54 Å². The summed E-state index contributed by atoms with van der Waals surface area (Å²) in [6.45, 7) is 0.750. The Morgan fingerprint density at radius 3 is 2.91 bits per heavy atom. The molecule has 5 nitrogen and oxygen atoms in total. The van der Waals surface area contributed by atoms with Gasteiger partial charge in [0.05, 0.1) is 6.04 Å². The molecular weight excluding hydrogens is 297 g/mol. The van der Waals surface area contributed by atoms with Gasteiger partial charge in [-0.1, -0.05) is 18.2 Å². The summed E-state index contributed by atoms with van der Waals surface area (Å²) in [5.41, 5.74) is 1.05. The number of pyridine rings is 1. The fourth-order valence-corrected chi connectivity index (χ4v) is 2.63. The zero-order valence-electron chi connectivity index (χ0n) is 12.4. The highest BCUT2D eigenvalue weighted by molar-refractivity contribution is 5.93. The molecule has 1 atom stereocenters. The number of carbonyl (C=O) groups is 2. The van der Waals surface area contributed by atoms with Gasteiger partial charge in [0, 0.05) is 25.7 Å². The Hall–Kier alpha value is -2.76. The minimum atomic E-state index is -0.325. The lowest BCUT2D eigenvalue weighted by atomic mass is 10.2. The van der Waals surface area contributed by atoms with Crippen LogP contribution in [0.15, 0.2) is 48.7 Å². The highest BCUT2D eigenvalue weighted by Gasteiger charge is 2.30. The summed E-state index contributed by atoms with van der Waals surface area (Å²) in [4.78, 5) is 29.7. The van der Waals surface area contributed by atoms with Crippen molar-refractivity contribution in [3.05, 3.63) is 65.7 Å². The number of aromatic nitrogens is 1. The smallest absolute Gasteiger partial charge is 0.270 e. The highest BCUT2D eigenvalue weighted by atomic mass is 19.1. The van der Waals surface area contributed by atoms with E-state index in [-0.39, 0.29) is 30.1 Å². The number of amides is 2. The van der Waals surface area contributed by atoms with Crippen molar-refractivity contribution in [2.45, 2.75) is 19.0 Å². The molecule has 1 aromatic heterocycles. The Labute approximate surface area is 133 Å². The molecule has 1 aliphatic rings. The zero-order valence-corrected chi connectivity index (χ0v) is 12.4. The summed E-state index contributed by atoms with van der Waals surface area (Å²) in [6, 6.07) is 11.0. The van der Waals surface area contributed by atoms with Gasteiger partial charge in [-0.05, 0) is 29.8 Å². The first-order valence-corrected chi connectivity index (χ1v) is 7.36. The van der Waals surface area contributed by atoms with Gasteiger partial charge in [0.25, 0.3) is 5.91 Å². The summed E-state index contributed by atoms with van der Waals surface area (Å²) in [5.74, 6) is -0.675. The van der Waals surface area contributed by atoms with Gasteiger partial charge in [-0.2, -0.15) is 0 Å². The molecular formula is C17H16FN3O2. The van der Waals surface area contributed by atoms with Gasteiger partial charge in [-0.15, -0.1) is 0 Å². The molecule has 0 spiro atoms. The Balaban J connectivity index is 1.60. The van der Waals surface area contributed by atoms with E-state index < -0.39 is 0 Å². The topological polar surface area (TPSA) is 62.3 Å². The molecule has 2 aromatic rings. The van der Waals surface area contributed by atoms with Gasteiger partial charge in [0.1, 0.15) is 11.5 Å². The van der Waals surface area contributed by atoms with Gasteiger partial charge in [0.15, 0.2) is 0 Å². The number of nitrogens with zero attached hydrogens (tertiary/aromatic N) is 2. The molecule has 118 valence electrons. The number of rotatable bonds is 4. The fourth-order valence-electron chi connectivity index (χ4n) is 2.63. The normalized spacial score (nSPS) is 17.3. The van der Waals surface area contributed by atoms with Crippen LogP contribution in [0.25, 0.3) is 0 Å². The molecule has 2 heterocycles. The lowest BCUT2D eigenvalue weighted by Gasteiger charge is -2.17. The van der Waals surface area contributed by atoms with E-state index in [4.69, 9.17) is 0 Å². The molecule has 3 rings (SSSR count). The largest absolute Gasteiger partial charge is 0.346 e. The third kappa shape index (κ3) is 3.71. The average Bonchev–Trinajstić information content (AvgIpc) is 2.87. The van der Waals surface area contributed by atoms with Crippen LogP contribution in [0.5, 0.6) is 0 Å². The van der Waals surface area contributed by atoms with E-state index >= 15 is 0 Å². The summed E-state index contributed by atoms with van der Waals surface area (Å²) in [5, 5.41) is 2.81. The molecule has 23 heavy (non-hydrogen) atoms. The van der Waals surface area contributed by atoms with Crippen molar-refractivity contribution >= 4 is 11.8 Å². The minimum absolute atomic E-state index is 0.0550. The van der Waals surface area contributed by atoms with Crippen LogP contribution in [-0.4, -0.2) is 34.3 Å². The maximum atomic E-state index is 13.2. The predicted octanol–water partition coefficient (Wildman–Crippen LogP) is 1.75. The van der Waals surface area contributed by atoms with Crippen molar-refractivity contribution in [2.24, 2.45) is 0 Å². The van der Waals surface area contributed by atoms with Crippen molar-refractivity contribution in [1.29, 1.82) is 0 Å². The summed E-state index contributed by atoms with van der Waals surface area (Å²) in [7, 11) is 0. The maximum absolute atomic E-state index is 13.2. The van der Waals surface area contributed by atoms with Crippen LogP contribution in [-0.2, 0) is 11.3 Å². The van der Waals surface area contributed by atoms with Crippen LogP contribution in [0.2, 0.25) is 0 Å². The van der Waals surface area contributed by atoms with E-state index in [1.54, 1.807) is 41.4 Å². The number of halogens is 1. The molecule has 1 aromatic carbocycles. The average molecular weight is 313 g/mol. The first kappa shape index (κ1) is 15.1. The molecule has 0 radical (unpaired) electrons. The lowest BCUT2D eigenvalue weighted by Crippen LogP contribution is -2.37. The van der Waals surface area contributed by atoms with Crippen LogP contribution in [0.3, 0.4) is 0 Å². The van der Waals surface area contributed by atoms with E-state index in [2.05, 4.69) is 10.3 Å². The monoisotopic (exact) mass is 313 g/mol.